The Morgan fingerprint density at radius 3 is 2.57 bits per heavy atom. The molecule has 0 unspecified atom stereocenters. The Labute approximate surface area is 179 Å². The van der Waals surface area contributed by atoms with Crippen molar-refractivity contribution in [1.82, 2.24) is 14.8 Å². The van der Waals surface area contributed by atoms with Crippen LogP contribution in [-0.4, -0.2) is 65.4 Å². The number of thiazole rings is 1. The number of fused-ring (bicyclic) bond motifs is 1. The number of amides is 4. The monoisotopic (exact) mass is 427 g/mol. The van der Waals surface area contributed by atoms with Gasteiger partial charge < -0.3 is 14.7 Å². The summed E-state index contributed by atoms with van der Waals surface area (Å²) in [7, 11) is 0. The van der Waals surface area contributed by atoms with E-state index in [2.05, 4.69) is 16.4 Å². The third-order valence-corrected chi connectivity index (χ3v) is 6.33. The minimum absolute atomic E-state index is 0.0191. The molecule has 0 atom stereocenters. The van der Waals surface area contributed by atoms with Gasteiger partial charge in [-0.25, -0.2) is 9.78 Å². The molecule has 1 saturated heterocycles. The fourth-order valence-electron chi connectivity index (χ4n) is 3.88. The summed E-state index contributed by atoms with van der Waals surface area (Å²) in [6, 6.07) is 7.79. The molecule has 0 saturated carbocycles. The highest BCUT2D eigenvalue weighted by atomic mass is 32.1. The van der Waals surface area contributed by atoms with Crippen molar-refractivity contribution >= 4 is 40.0 Å². The molecule has 2 aliphatic heterocycles. The average Bonchev–Trinajstić information content (AvgIpc) is 3.19. The molecule has 30 heavy (non-hydrogen) atoms. The van der Waals surface area contributed by atoms with Crippen molar-refractivity contribution in [3.05, 3.63) is 40.9 Å². The molecule has 1 fully saturated rings. The van der Waals surface area contributed by atoms with Crippen LogP contribution >= 0.6 is 11.3 Å². The quantitative estimate of drug-likeness (QED) is 0.815. The van der Waals surface area contributed by atoms with Crippen molar-refractivity contribution < 1.29 is 14.4 Å². The number of hydrogen-bond donors (Lipinski definition) is 1. The zero-order chi connectivity index (χ0) is 21.1. The van der Waals surface area contributed by atoms with E-state index in [0.717, 1.165) is 25.1 Å². The lowest BCUT2D eigenvalue weighted by atomic mass is 10.0. The van der Waals surface area contributed by atoms with Gasteiger partial charge in [0.05, 0.1) is 12.1 Å². The summed E-state index contributed by atoms with van der Waals surface area (Å²) in [6.07, 6.45) is 2.16. The maximum atomic E-state index is 12.9. The Morgan fingerprint density at radius 2 is 1.80 bits per heavy atom. The summed E-state index contributed by atoms with van der Waals surface area (Å²) in [5, 5.41) is 5.11. The number of nitrogens with zero attached hydrogens (tertiary/aromatic N) is 4. The number of piperazine rings is 1. The van der Waals surface area contributed by atoms with Crippen LogP contribution in [-0.2, 0) is 22.4 Å². The van der Waals surface area contributed by atoms with Gasteiger partial charge in [0.2, 0.25) is 11.8 Å². The fourth-order valence-corrected chi connectivity index (χ4v) is 4.58. The third kappa shape index (κ3) is 4.46. The van der Waals surface area contributed by atoms with Crippen LogP contribution in [0.15, 0.2) is 29.6 Å². The van der Waals surface area contributed by atoms with E-state index in [1.165, 1.54) is 23.8 Å². The molecule has 1 aromatic carbocycles. The first kappa shape index (κ1) is 20.3. The first-order valence-electron chi connectivity index (χ1n) is 10.2. The molecule has 2 aliphatic rings. The van der Waals surface area contributed by atoms with Gasteiger partial charge in [0, 0.05) is 50.7 Å². The lowest BCUT2D eigenvalue weighted by molar-refractivity contribution is -0.130. The minimum Gasteiger partial charge on any atom is -0.339 e. The first-order chi connectivity index (χ1) is 14.5. The molecule has 0 aliphatic carbocycles. The molecule has 0 radical (unpaired) electrons. The smallest absolute Gasteiger partial charge is 0.323 e. The maximum Gasteiger partial charge on any atom is 0.323 e. The molecule has 3 heterocycles. The van der Waals surface area contributed by atoms with Crippen LogP contribution in [0.1, 0.15) is 24.6 Å². The second-order valence-corrected chi connectivity index (χ2v) is 8.38. The van der Waals surface area contributed by atoms with Gasteiger partial charge in [0.1, 0.15) is 0 Å². The summed E-state index contributed by atoms with van der Waals surface area (Å²) in [5.41, 5.74) is 2.85. The summed E-state index contributed by atoms with van der Waals surface area (Å²) < 4.78 is 0. The zero-order valence-corrected chi connectivity index (χ0v) is 17.8. The Kier molecular flexibility index (Phi) is 5.98. The van der Waals surface area contributed by atoms with Crippen molar-refractivity contribution in [3.63, 3.8) is 0 Å². The molecule has 4 rings (SSSR count). The van der Waals surface area contributed by atoms with E-state index in [9.17, 15) is 14.4 Å². The van der Waals surface area contributed by atoms with Crippen LogP contribution < -0.4 is 10.2 Å². The first-order valence-corrected chi connectivity index (χ1v) is 11.0. The highest BCUT2D eigenvalue weighted by Gasteiger charge is 2.25. The molecule has 1 aromatic heterocycles. The summed E-state index contributed by atoms with van der Waals surface area (Å²) in [4.78, 5) is 46.4. The van der Waals surface area contributed by atoms with E-state index in [4.69, 9.17) is 0 Å². The fraction of sp³-hybridized carbons (Fsp3) is 0.429. The normalized spacial score (nSPS) is 16.2. The van der Waals surface area contributed by atoms with Crippen molar-refractivity contribution in [3.8, 4) is 0 Å². The number of nitrogens with one attached hydrogen (secondary N) is 1. The van der Waals surface area contributed by atoms with Crippen molar-refractivity contribution in [2.45, 2.75) is 26.2 Å². The Morgan fingerprint density at radius 1 is 1.07 bits per heavy atom. The van der Waals surface area contributed by atoms with Gasteiger partial charge >= 0.3 is 6.03 Å². The van der Waals surface area contributed by atoms with Crippen LogP contribution in [0.25, 0.3) is 0 Å². The van der Waals surface area contributed by atoms with E-state index < -0.39 is 0 Å². The maximum absolute atomic E-state index is 12.9. The molecule has 1 N–H and O–H groups in total. The lowest BCUT2D eigenvalue weighted by Gasteiger charge is -2.33. The largest absolute Gasteiger partial charge is 0.339 e. The number of carbonyl (C=O) groups excluding carboxylic acids is 3. The molecule has 0 bridgehead atoms. The summed E-state index contributed by atoms with van der Waals surface area (Å²) >= 11 is 1.32. The number of benzene rings is 1. The number of urea groups is 1. The van der Waals surface area contributed by atoms with E-state index in [-0.39, 0.29) is 24.3 Å². The number of rotatable bonds is 3. The van der Waals surface area contributed by atoms with Gasteiger partial charge in [0.15, 0.2) is 5.13 Å². The molecule has 9 heteroatoms. The Hall–Kier alpha value is -2.94. The number of hydrogen-bond acceptors (Lipinski definition) is 5. The van der Waals surface area contributed by atoms with E-state index >= 15 is 0 Å². The summed E-state index contributed by atoms with van der Waals surface area (Å²) in [5.74, 6) is 0.0475. The van der Waals surface area contributed by atoms with Crippen LogP contribution in [0, 0.1) is 0 Å². The molecule has 0 spiro atoms. The number of anilines is 2. The Balaban J connectivity index is 1.33. The average molecular weight is 428 g/mol. The predicted molar refractivity (Wildman–Crippen MR) is 116 cm³/mol. The van der Waals surface area contributed by atoms with Crippen LogP contribution in [0.4, 0.5) is 15.6 Å². The van der Waals surface area contributed by atoms with E-state index in [0.29, 0.717) is 37.0 Å². The highest BCUT2D eigenvalue weighted by Crippen LogP contribution is 2.27. The second-order valence-electron chi connectivity index (χ2n) is 7.52. The molecule has 8 nitrogen and oxygen atoms in total. The van der Waals surface area contributed by atoms with Gasteiger partial charge in [0.25, 0.3) is 0 Å². The number of aryl methyl sites for hydroxylation is 1. The van der Waals surface area contributed by atoms with Gasteiger partial charge in [-0.2, -0.15) is 0 Å². The van der Waals surface area contributed by atoms with Crippen LogP contribution in [0.5, 0.6) is 0 Å². The Bertz CT molecular complexity index is 952. The molecule has 4 amide bonds. The highest BCUT2D eigenvalue weighted by molar-refractivity contribution is 7.13. The number of carbonyl (C=O) groups is 3. The summed E-state index contributed by atoms with van der Waals surface area (Å²) in [6.45, 7) is 4.33. The van der Waals surface area contributed by atoms with E-state index in [1.54, 1.807) is 9.80 Å². The number of para-hydroxylation sites is 1. The molecule has 2 aromatic rings. The van der Waals surface area contributed by atoms with Gasteiger partial charge in [-0.15, -0.1) is 11.3 Å². The molecule has 158 valence electrons. The second kappa shape index (κ2) is 8.83. The topological polar surface area (TPSA) is 85.9 Å². The molecular formula is C21H25N5O3S. The van der Waals surface area contributed by atoms with Crippen molar-refractivity contribution in [1.29, 1.82) is 0 Å². The lowest BCUT2D eigenvalue weighted by Crippen LogP contribution is -2.51. The third-order valence-electron chi connectivity index (χ3n) is 5.52. The molecular weight excluding hydrogens is 402 g/mol. The standard InChI is InChI=1S/C21H25N5O3S/c1-15(27)24-9-11-25(12-10-24)21(29)23-20-22-17(14-30-20)13-19(28)26-8-4-6-16-5-2-3-7-18(16)26/h2-3,5,7,14H,4,6,8-13H2,1H3,(H,22,23,29). The van der Waals surface area contributed by atoms with Crippen LogP contribution in [0.2, 0.25) is 0 Å². The van der Waals surface area contributed by atoms with Gasteiger partial charge in [-0.1, -0.05) is 18.2 Å². The van der Waals surface area contributed by atoms with Gasteiger partial charge in [-0.3, -0.25) is 14.9 Å². The van der Waals surface area contributed by atoms with Gasteiger partial charge in [-0.05, 0) is 24.5 Å². The van der Waals surface area contributed by atoms with Crippen molar-refractivity contribution in [2.75, 3.05) is 42.9 Å². The van der Waals surface area contributed by atoms with Crippen LogP contribution in [0.3, 0.4) is 0 Å². The van der Waals surface area contributed by atoms with Crippen molar-refractivity contribution in [2.24, 2.45) is 0 Å². The predicted octanol–water partition coefficient (Wildman–Crippen LogP) is 2.36. The minimum atomic E-state index is -0.226. The number of aromatic nitrogens is 1. The van der Waals surface area contributed by atoms with E-state index in [1.807, 2.05) is 28.5 Å². The SMILES string of the molecule is CC(=O)N1CCN(C(=O)Nc2nc(CC(=O)N3CCCc4ccccc43)cs2)CC1. The zero-order valence-electron chi connectivity index (χ0n) is 17.0.